The van der Waals surface area contributed by atoms with Crippen molar-refractivity contribution in [2.45, 2.75) is 118 Å². The van der Waals surface area contributed by atoms with E-state index in [0.717, 1.165) is 19.3 Å². The molecule has 45 heavy (non-hydrogen) atoms. The molecule has 0 atom stereocenters. The first-order chi connectivity index (χ1) is 20.7. The quantitative estimate of drug-likeness (QED) is 0.189. The van der Waals surface area contributed by atoms with Gasteiger partial charge in [-0.3, -0.25) is 0 Å². The standard InChI is InChI=1S/C14H14.C12H12.C8H10.4C2H6.3CH4/c1-2-12-8-10-14(11-9-12)13-6-4-3-5-7-13;1-2-10-7-5-8-11-6-3-4-9-12(10)11;1-2-8-6-4-3-5-7-8;4*1-2;;;/h3-11H,2H2,1H3;3-9H,2H2,1H3;3-7H,2H2,1H3;4*1-2H3;3*1H4. The maximum absolute atomic E-state index is 2.20. The number of fused-ring (bicyclic) bond motifs is 1. The summed E-state index contributed by atoms with van der Waals surface area (Å²) in [6, 6.07) is 44.7. The van der Waals surface area contributed by atoms with Gasteiger partial charge in [0.2, 0.25) is 0 Å². The second-order valence-corrected chi connectivity index (χ2v) is 8.25. The van der Waals surface area contributed by atoms with Gasteiger partial charge in [0.25, 0.3) is 0 Å². The highest BCUT2D eigenvalue weighted by molar-refractivity contribution is 5.85. The van der Waals surface area contributed by atoms with Crippen molar-refractivity contribution in [1.82, 2.24) is 0 Å². The highest BCUT2D eigenvalue weighted by Crippen LogP contribution is 2.19. The third-order valence-electron chi connectivity index (χ3n) is 5.98. The second-order valence-electron chi connectivity index (χ2n) is 8.25. The molecule has 0 saturated carbocycles. The summed E-state index contributed by atoms with van der Waals surface area (Å²) in [5.74, 6) is 0. The summed E-state index contributed by atoms with van der Waals surface area (Å²) in [6.45, 7) is 22.5. The van der Waals surface area contributed by atoms with Crippen LogP contribution in [0.2, 0.25) is 0 Å². The van der Waals surface area contributed by atoms with Crippen LogP contribution in [-0.4, -0.2) is 0 Å². The van der Waals surface area contributed by atoms with E-state index in [1.807, 2.05) is 67.5 Å². The summed E-state index contributed by atoms with van der Waals surface area (Å²) < 4.78 is 0. The average molecular weight is 613 g/mol. The van der Waals surface area contributed by atoms with Gasteiger partial charge in [-0.2, -0.15) is 0 Å². The van der Waals surface area contributed by atoms with Gasteiger partial charge in [-0.1, -0.05) is 226 Å². The van der Waals surface area contributed by atoms with E-state index in [2.05, 4.69) is 136 Å². The Balaban J connectivity index is -0.000000158. The van der Waals surface area contributed by atoms with Crippen molar-refractivity contribution in [2.24, 2.45) is 0 Å². The molecule has 0 fully saturated rings. The highest BCUT2D eigenvalue weighted by Gasteiger charge is 1.96. The van der Waals surface area contributed by atoms with Gasteiger partial charge in [0.05, 0.1) is 0 Å². The number of hydrogen-bond donors (Lipinski definition) is 0. The summed E-state index contributed by atoms with van der Waals surface area (Å²) >= 11 is 0. The van der Waals surface area contributed by atoms with E-state index in [0.29, 0.717) is 0 Å². The Bertz CT molecular complexity index is 1210. The monoisotopic (exact) mass is 613 g/mol. The van der Waals surface area contributed by atoms with Crippen molar-refractivity contribution in [3.8, 4) is 11.1 Å². The predicted molar refractivity (Wildman–Crippen MR) is 216 cm³/mol. The predicted octanol–water partition coefficient (Wildman–Crippen LogP) is 15.6. The Kier molecular flexibility index (Phi) is 41.4. The molecule has 0 aliphatic heterocycles. The van der Waals surface area contributed by atoms with Gasteiger partial charge in [0, 0.05) is 0 Å². The van der Waals surface area contributed by atoms with E-state index in [9.17, 15) is 0 Å². The minimum absolute atomic E-state index is 0. The summed E-state index contributed by atoms with van der Waals surface area (Å²) in [7, 11) is 0. The molecule has 0 heterocycles. The Labute approximate surface area is 283 Å². The Morgan fingerprint density at radius 3 is 1.16 bits per heavy atom. The fourth-order valence-electron chi connectivity index (χ4n) is 3.88. The van der Waals surface area contributed by atoms with Crippen LogP contribution in [-0.2, 0) is 19.3 Å². The molecular weight excluding hydrogens is 540 g/mol. The van der Waals surface area contributed by atoms with Crippen molar-refractivity contribution in [1.29, 1.82) is 0 Å². The topological polar surface area (TPSA) is 0 Å². The number of hydrogen-bond acceptors (Lipinski definition) is 0. The number of benzene rings is 5. The minimum atomic E-state index is 0. The van der Waals surface area contributed by atoms with Gasteiger partial charge in [-0.05, 0) is 57.9 Å². The summed E-state index contributed by atoms with van der Waals surface area (Å²) in [4.78, 5) is 0. The maximum Gasteiger partial charge on any atom is -0.0152 e. The summed E-state index contributed by atoms with van der Waals surface area (Å²) in [5, 5.41) is 2.74. The lowest BCUT2D eigenvalue weighted by molar-refractivity contribution is 1.14. The minimum Gasteiger partial charge on any atom is -0.0776 e. The van der Waals surface area contributed by atoms with Gasteiger partial charge < -0.3 is 0 Å². The molecular formula is C45H72. The summed E-state index contributed by atoms with van der Waals surface area (Å²) in [6.07, 6.45) is 3.36. The molecule has 0 amide bonds. The lowest BCUT2D eigenvalue weighted by atomic mass is 10.0. The van der Waals surface area contributed by atoms with Crippen LogP contribution >= 0.6 is 0 Å². The van der Waals surface area contributed by atoms with Gasteiger partial charge in [-0.15, -0.1) is 0 Å². The van der Waals surface area contributed by atoms with Crippen molar-refractivity contribution < 1.29 is 0 Å². The van der Waals surface area contributed by atoms with Gasteiger partial charge >= 0.3 is 0 Å². The van der Waals surface area contributed by atoms with Crippen LogP contribution < -0.4 is 0 Å². The molecule has 252 valence electrons. The molecule has 0 nitrogen and oxygen atoms in total. The van der Waals surface area contributed by atoms with Crippen LogP contribution in [0.25, 0.3) is 21.9 Å². The average Bonchev–Trinajstić information content (AvgIpc) is 3.13. The maximum atomic E-state index is 2.20. The third kappa shape index (κ3) is 20.9. The van der Waals surface area contributed by atoms with Crippen LogP contribution in [0.3, 0.4) is 0 Å². The van der Waals surface area contributed by atoms with Gasteiger partial charge in [0.15, 0.2) is 0 Å². The highest BCUT2D eigenvalue weighted by atomic mass is 14.0. The SMILES string of the molecule is C.C.C.CC.CC.CC.CC.CCc1ccc(-c2ccccc2)cc1.CCc1cccc2ccccc12.CCc1ccccc1. The Morgan fingerprint density at radius 1 is 0.333 bits per heavy atom. The molecule has 5 aromatic carbocycles. The first-order valence-corrected chi connectivity index (χ1v) is 16.4. The van der Waals surface area contributed by atoms with E-state index in [1.165, 1.54) is 38.6 Å². The molecule has 5 aromatic rings. The summed E-state index contributed by atoms with van der Waals surface area (Å²) in [5.41, 5.74) is 6.82. The van der Waals surface area contributed by atoms with Crippen molar-refractivity contribution in [3.05, 3.63) is 144 Å². The molecule has 0 heteroatoms. The van der Waals surface area contributed by atoms with Crippen molar-refractivity contribution in [3.63, 3.8) is 0 Å². The zero-order chi connectivity index (χ0) is 32.0. The smallest absolute Gasteiger partial charge is 0.0152 e. The molecule has 0 N–H and O–H groups in total. The number of rotatable bonds is 4. The van der Waals surface area contributed by atoms with Gasteiger partial charge in [-0.25, -0.2) is 0 Å². The van der Waals surface area contributed by atoms with Crippen LogP contribution in [0.4, 0.5) is 0 Å². The van der Waals surface area contributed by atoms with Crippen LogP contribution in [0, 0.1) is 0 Å². The van der Waals surface area contributed by atoms with Crippen molar-refractivity contribution in [2.75, 3.05) is 0 Å². The Hall–Kier alpha value is -3.64. The first kappa shape index (κ1) is 51.0. The first-order valence-electron chi connectivity index (χ1n) is 16.4. The molecule has 0 aliphatic carbocycles. The second kappa shape index (κ2) is 36.6. The van der Waals surface area contributed by atoms with Crippen LogP contribution in [0.5, 0.6) is 0 Å². The lowest BCUT2D eigenvalue weighted by Crippen LogP contribution is -1.81. The largest absolute Gasteiger partial charge is 0.0776 e. The lowest BCUT2D eigenvalue weighted by Gasteiger charge is -2.02. The third-order valence-corrected chi connectivity index (χ3v) is 5.98. The van der Waals surface area contributed by atoms with Crippen molar-refractivity contribution >= 4 is 10.8 Å². The fraction of sp³-hybridized carbons (Fsp3) is 0.378. The molecule has 0 spiro atoms. The molecule has 0 aromatic heterocycles. The zero-order valence-electron chi connectivity index (χ0n) is 28.7. The van der Waals surface area contributed by atoms with Crippen LogP contribution in [0.15, 0.2) is 127 Å². The van der Waals surface area contributed by atoms with Crippen LogP contribution in [0.1, 0.15) is 115 Å². The number of aryl methyl sites for hydroxylation is 3. The van der Waals surface area contributed by atoms with Gasteiger partial charge in [0.1, 0.15) is 0 Å². The Morgan fingerprint density at radius 2 is 0.711 bits per heavy atom. The van der Waals surface area contributed by atoms with E-state index in [-0.39, 0.29) is 22.3 Å². The zero-order valence-corrected chi connectivity index (χ0v) is 28.7. The molecule has 5 rings (SSSR count). The van der Waals surface area contributed by atoms with E-state index in [1.54, 1.807) is 0 Å². The van der Waals surface area contributed by atoms with E-state index in [4.69, 9.17) is 0 Å². The molecule has 0 aliphatic rings. The van der Waals surface area contributed by atoms with E-state index < -0.39 is 0 Å². The molecule has 0 saturated heterocycles. The fourth-order valence-corrected chi connectivity index (χ4v) is 3.88. The van der Waals surface area contributed by atoms with E-state index >= 15 is 0 Å². The molecule has 0 radical (unpaired) electrons. The molecule has 0 unspecified atom stereocenters. The normalized spacial score (nSPS) is 8.07. The molecule has 0 bridgehead atoms.